The summed E-state index contributed by atoms with van der Waals surface area (Å²) in [7, 11) is 1.90. The number of hydrogen-bond acceptors (Lipinski definition) is 2. The molecule has 1 heterocycles. The number of thiophene rings is 1. The van der Waals surface area contributed by atoms with Crippen molar-refractivity contribution in [1.82, 2.24) is 5.32 Å². The second kappa shape index (κ2) is 5.08. The Morgan fingerprint density at radius 3 is 2.50 bits per heavy atom. The van der Waals surface area contributed by atoms with Crippen LogP contribution in [0.1, 0.15) is 16.5 Å². The molecule has 1 aromatic carbocycles. The minimum Gasteiger partial charge on any atom is -0.309 e. The van der Waals surface area contributed by atoms with Crippen LogP contribution in [0.3, 0.4) is 0 Å². The lowest BCUT2D eigenvalue weighted by Gasteiger charge is -2.14. The molecule has 0 radical (unpaired) electrons. The molecule has 0 aliphatic rings. The third-order valence-corrected chi connectivity index (χ3v) is 4.12. The molecule has 1 aromatic heterocycles. The van der Waals surface area contributed by atoms with Crippen LogP contribution < -0.4 is 5.32 Å². The first-order valence-corrected chi connectivity index (χ1v) is 6.54. The molecule has 1 N–H and O–H groups in total. The largest absolute Gasteiger partial charge is 0.309 e. The quantitative estimate of drug-likeness (QED) is 0.905. The van der Waals surface area contributed by atoms with E-state index in [-0.39, 0.29) is 11.9 Å². The predicted octanol–water partition coefficient (Wildman–Crippen LogP) is 3.96. The summed E-state index contributed by atoms with van der Waals surface area (Å²) in [6.07, 6.45) is 0. The van der Waals surface area contributed by atoms with Gasteiger partial charge < -0.3 is 5.32 Å². The van der Waals surface area contributed by atoms with Crippen LogP contribution in [0.2, 0.25) is 0 Å². The Morgan fingerprint density at radius 2 is 2.00 bits per heavy atom. The maximum absolute atomic E-state index is 12.8. The van der Waals surface area contributed by atoms with E-state index in [4.69, 9.17) is 0 Å². The number of nitrogens with one attached hydrogen (secondary N) is 1. The minimum absolute atomic E-state index is 0.122. The number of rotatable bonds is 3. The molecule has 0 saturated carbocycles. The topological polar surface area (TPSA) is 12.0 Å². The average Bonchev–Trinajstić information content (AvgIpc) is 2.69. The first kappa shape index (κ1) is 11.8. The average molecular weight is 300 g/mol. The molecular formula is C12H11BrFNS. The molecule has 0 aliphatic carbocycles. The van der Waals surface area contributed by atoms with Crippen molar-refractivity contribution >= 4 is 27.3 Å². The lowest BCUT2D eigenvalue weighted by molar-refractivity contribution is 0.624. The van der Waals surface area contributed by atoms with Gasteiger partial charge in [0.05, 0.1) is 6.04 Å². The third-order valence-electron chi connectivity index (χ3n) is 2.36. The Kier molecular flexibility index (Phi) is 3.74. The van der Waals surface area contributed by atoms with Crippen LogP contribution in [0, 0.1) is 5.82 Å². The van der Waals surface area contributed by atoms with Crippen LogP contribution >= 0.6 is 27.3 Å². The fraction of sp³-hybridized carbons (Fsp3) is 0.167. The molecule has 2 aromatic rings. The van der Waals surface area contributed by atoms with E-state index in [0.717, 1.165) is 10.0 Å². The van der Waals surface area contributed by atoms with Crippen LogP contribution in [0.15, 0.2) is 40.2 Å². The maximum Gasteiger partial charge on any atom is 0.123 e. The Hall–Kier alpha value is -0.710. The molecule has 0 fully saturated rings. The molecule has 4 heteroatoms. The zero-order valence-corrected chi connectivity index (χ0v) is 11.1. The Labute approximate surface area is 106 Å². The SMILES string of the molecule is CNC(c1ccc(F)cc1)c1cc(Br)cs1. The van der Waals surface area contributed by atoms with E-state index in [1.165, 1.54) is 17.0 Å². The summed E-state index contributed by atoms with van der Waals surface area (Å²) in [5, 5.41) is 5.28. The van der Waals surface area contributed by atoms with E-state index in [2.05, 4.69) is 27.3 Å². The monoisotopic (exact) mass is 299 g/mol. The van der Waals surface area contributed by atoms with Crippen molar-refractivity contribution in [2.45, 2.75) is 6.04 Å². The van der Waals surface area contributed by atoms with Crippen molar-refractivity contribution in [3.63, 3.8) is 0 Å². The second-order valence-electron chi connectivity index (χ2n) is 3.44. The van der Waals surface area contributed by atoms with Crippen LogP contribution in [-0.4, -0.2) is 7.05 Å². The molecule has 0 bridgehead atoms. The van der Waals surface area contributed by atoms with Gasteiger partial charge >= 0.3 is 0 Å². The Balaban J connectivity index is 2.32. The molecular weight excluding hydrogens is 289 g/mol. The van der Waals surface area contributed by atoms with Gasteiger partial charge in [-0.15, -0.1) is 11.3 Å². The fourth-order valence-corrected chi connectivity index (χ4v) is 3.19. The van der Waals surface area contributed by atoms with Crippen molar-refractivity contribution < 1.29 is 4.39 Å². The molecule has 0 amide bonds. The smallest absolute Gasteiger partial charge is 0.123 e. The standard InChI is InChI=1S/C12H11BrFNS/c1-15-12(11-6-9(13)7-16-11)8-2-4-10(14)5-3-8/h2-7,12,15H,1H3. The van der Waals surface area contributed by atoms with Crippen LogP contribution in [-0.2, 0) is 0 Å². The van der Waals surface area contributed by atoms with Crippen LogP contribution in [0.5, 0.6) is 0 Å². The lowest BCUT2D eigenvalue weighted by Crippen LogP contribution is -2.16. The first-order valence-electron chi connectivity index (χ1n) is 4.87. The summed E-state index contributed by atoms with van der Waals surface area (Å²) in [6.45, 7) is 0. The molecule has 0 spiro atoms. The molecule has 84 valence electrons. The first-order chi connectivity index (χ1) is 7.70. The van der Waals surface area contributed by atoms with Gasteiger partial charge in [0, 0.05) is 14.7 Å². The van der Waals surface area contributed by atoms with Crippen LogP contribution in [0.4, 0.5) is 4.39 Å². The van der Waals surface area contributed by atoms with E-state index >= 15 is 0 Å². The van der Waals surface area contributed by atoms with E-state index in [1.807, 2.05) is 24.6 Å². The maximum atomic E-state index is 12.8. The number of halogens is 2. The predicted molar refractivity (Wildman–Crippen MR) is 69.3 cm³/mol. The molecule has 2 rings (SSSR count). The van der Waals surface area contributed by atoms with Gasteiger partial charge in [-0.3, -0.25) is 0 Å². The van der Waals surface area contributed by atoms with E-state index < -0.39 is 0 Å². The van der Waals surface area contributed by atoms with Gasteiger partial charge in [0.25, 0.3) is 0 Å². The van der Waals surface area contributed by atoms with Gasteiger partial charge in [0.2, 0.25) is 0 Å². The van der Waals surface area contributed by atoms with E-state index in [1.54, 1.807) is 11.3 Å². The highest BCUT2D eigenvalue weighted by molar-refractivity contribution is 9.10. The van der Waals surface area contributed by atoms with Gasteiger partial charge in [0.15, 0.2) is 0 Å². The Bertz CT molecular complexity index is 466. The third kappa shape index (κ3) is 2.51. The van der Waals surface area contributed by atoms with Crippen molar-refractivity contribution in [3.8, 4) is 0 Å². The fourth-order valence-electron chi connectivity index (χ4n) is 1.61. The summed E-state index contributed by atoms with van der Waals surface area (Å²) in [6, 6.07) is 8.80. The lowest BCUT2D eigenvalue weighted by atomic mass is 10.1. The minimum atomic E-state index is -0.203. The van der Waals surface area contributed by atoms with Gasteiger partial charge in [-0.2, -0.15) is 0 Å². The Morgan fingerprint density at radius 1 is 1.31 bits per heavy atom. The van der Waals surface area contributed by atoms with E-state index in [9.17, 15) is 4.39 Å². The highest BCUT2D eigenvalue weighted by atomic mass is 79.9. The molecule has 1 nitrogen and oxygen atoms in total. The molecule has 0 saturated heterocycles. The second-order valence-corrected chi connectivity index (χ2v) is 5.30. The molecule has 1 atom stereocenters. The van der Waals surface area contributed by atoms with E-state index in [0.29, 0.717) is 0 Å². The zero-order chi connectivity index (χ0) is 11.5. The van der Waals surface area contributed by atoms with Gasteiger partial charge in [-0.05, 0) is 46.7 Å². The van der Waals surface area contributed by atoms with Gasteiger partial charge in [-0.1, -0.05) is 12.1 Å². The summed E-state index contributed by atoms with van der Waals surface area (Å²) in [4.78, 5) is 1.21. The summed E-state index contributed by atoms with van der Waals surface area (Å²) in [5.41, 5.74) is 1.07. The summed E-state index contributed by atoms with van der Waals surface area (Å²) < 4.78 is 13.9. The number of benzene rings is 1. The molecule has 16 heavy (non-hydrogen) atoms. The highest BCUT2D eigenvalue weighted by Crippen LogP contribution is 2.29. The summed E-state index contributed by atoms with van der Waals surface area (Å²) in [5.74, 6) is -0.203. The van der Waals surface area contributed by atoms with Crippen molar-refractivity contribution in [3.05, 3.63) is 56.4 Å². The van der Waals surface area contributed by atoms with Gasteiger partial charge in [-0.25, -0.2) is 4.39 Å². The van der Waals surface area contributed by atoms with Crippen molar-refractivity contribution in [2.75, 3.05) is 7.05 Å². The van der Waals surface area contributed by atoms with Crippen molar-refractivity contribution in [1.29, 1.82) is 0 Å². The highest BCUT2D eigenvalue weighted by Gasteiger charge is 2.13. The molecule has 1 unspecified atom stereocenters. The van der Waals surface area contributed by atoms with Crippen LogP contribution in [0.25, 0.3) is 0 Å². The zero-order valence-electron chi connectivity index (χ0n) is 8.71. The summed E-state index contributed by atoms with van der Waals surface area (Å²) >= 11 is 5.11. The molecule has 0 aliphatic heterocycles. The normalized spacial score (nSPS) is 12.7. The van der Waals surface area contributed by atoms with Crippen molar-refractivity contribution in [2.24, 2.45) is 0 Å². The van der Waals surface area contributed by atoms with Gasteiger partial charge in [0.1, 0.15) is 5.82 Å². The number of hydrogen-bond donors (Lipinski definition) is 1.